The van der Waals surface area contributed by atoms with Gasteiger partial charge in [-0.3, -0.25) is 14.9 Å². The minimum Gasteiger partial charge on any atom is -0.493 e. The van der Waals surface area contributed by atoms with E-state index in [1.54, 1.807) is 38.1 Å². The smallest absolute Gasteiger partial charge is 0.311 e. The van der Waals surface area contributed by atoms with E-state index in [-0.39, 0.29) is 11.4 Å². The first-order valence-electron chi connectivity index (χ1n) is 8.29. The number of amides is 1. The van der Waals surface area contributed by atoms with Crippen molar-refractivity contribution in [3.05, 3.63) is 57.6 Å². The Morgan fingerprint density at radius 1 is 1.11 bits per heavy atom. The van der Waals surface area contributed by atoms with E-state index in [4.69, 9.17) is 14.2 Å². The first kappa shape index (κ1) is 20.7. The van der Waals surface area contributed by atoms with Crippen LogP contribution in [0.1, 0.15) is 18.1 Å². The molecule has 28 heavy (non-hydrogen) atoms. The van der Waals surface area contributed by atoms with Crippen LogP contribution in [0.3, 0.4) is 0 Å². The van der Waals surface area contributed by atoms with Gasteiger partial charge in [0, 0.05) is 11.6 Å². The second-order valence-corrected chi connectivity index (χ2v) is 5.82. The zero-order valence-corrected chi connectivity index (χ0v) is 16.0. The highest BCUT2D eigenvalue weighted by Gasteiger charge is 2.16. The van der Waals surface area contributed by atoms with Crippen molar-refractivity contribution in [3.8, 4) is 17.2 Å². The molecule has 0 atom stereocenters. The number of aryl methyl sites for hydroxylation is 1. The van der Waals surface area contributed by atoms with Crippen molar-refractivity contribution in [1.82, 2.24) is 5.43 Å². The molecule has 0 aromatic heterocycles. The highest BCUT2D eigenvalue weighted by molar-refractivity contribution is 5.99. The zero-order chi connectivity index (χ0) is 20.7. The number of hydrazone groups is 1. The SMILES string of the molecule is COc1ccc(/C(C)=N/NC(=O)COc2ccc(C)cc2[N+](=O)[O-])cc1OC. The molecule has 9 nitrogen and oxygen atoms in total. The summed E-state index contributed by atoms with van der Waals surface area (Å²) in [6.45, 7) is 3.04. The number of methoxy groups -OCH3 is 2. The Bertz CT molecular complexity index is 911. The van der Waals surface area contributed by atoms with Gasteiger partial charge >= 0.3 is 5.69 Å². The Morgan fingerprint density at radius 3 is 2.43 bits per heavy atom. The molecule has 1 amide bonds. The Labute approximate surface area is 162 Å². The topological polar surface area (TPSA) is 112 Å². The molecule has 1 N–H and O–H groups in total. The highest BCUT2D eigenvalue weighted by atomic mass is 16.6. The van der Waals surface area contributed by atoms with Crippen molar-refractivity contribution in [3.63, 3.8) is 0 Å². The molecule has 0 spiro atoms. The first-order valence-corrected chi connectivity index (χ1v) is 8.29. The molecule has 0 bridgehead atoms. The van der Waals surface area contributed by atoms with Crippen LogP contribution in [0.25, 0.3) is 0 Å². The van der Waals surface area contributed by atoms with Crippen LogP contribution in [0.4, 0.5) is 5.69 Å². The lowest BCUT2D eigenvalue weighted by Crippen LogP contribution is -2.25. The summed E-state index contributed by atoms with van der Waals surface area (Å²) in [6, 6.07) is 9.74. The lowest BCUT2D eigenvalue weighted by Gasteiger charge is -2.10. The van der Waals surface area contributed by atoms with Gasteiger partial charge in [0.05, 0.1) is 24.9 Å². The molecule has 2 rings (SSSR count). The fourth-order valence-corrected chi connectivity index (χ4v) is 2.34. The monoisotopic (exact) mass is 387 g/mol. The number of benzene rings is 2. The van der Waals surface area contributed by atoms with Crippen LogP contribution in [0.5, 0.6) is 17.2 Å². The van der Waals surface area contributed by atoms with Gasteiger partial charge in [-0.15, -0.1) is 0 Å². The Balaban J connectivity index is 2.01. The molecule has 9 heteroatoms. The standard InChI is InChI=1S/C19H21N3O6/c1-12-5-7-16(15(9-12)22(24)25)28-11-19(23)21-20-13(2)14-6-8-17(26-3)18(10-14)27-4/h5-10H,11H2,1-4H3,(H,21,23)/b20-13+. The van der Waals surface area contributed by atoms with Gasteiger partial charge in [-0.2, -0.15) is 5.10 Å². The largest absolute Gasteiger partial charge is 0.493 e. The molecule has 148 valence electrons. The fourth-order valence-electron chi connectivity index (χ4n) is 2.34. The van der Waals surface area contributed by atoms with Gasteiger partial charge in [-0.1, -0.05) is 6.07 Å². The van der Waals surface area contributed by atoms with Gasteiger partial charge in [0.2, 0.25) is 0 Å². The Kier molecular flexibility index (Phi) is 6.91. The second-order valence-electron chi connectivity index (χ2n) is 5.82. The van der Waals surface area contributed by atoms with Crippen LogP contribution >= 0.6 is 0 Å². The van der Waals surface area contributed by atoms with E-state index in [0.717, 1.165) is 11.1 Å². The number of ether oxygens (including phenoxy) is 3. The van der Waals surface area contributed by atoms with E-state index >= 15 is 0 Å². The molecule has 0 saturated heterocycles. The number of nitro benzene ring substituents is 1. The predicted molar refractivity (Wildman–Crippen MR) is 103 cm³/mol. The van der Waals surface area contributed by atoms with Crippen LogP contribution in [-0.4, -0.2) is 37.4 Å². The summed E-state index contributed by atoms with van der Waals surface area (Å²) in [5.41, 5.74) is 4.15. The van der Waals surface area contributed by atoms with E-state index < -0.39 is 17.4 Å². The number of nitro groups is 1. The lowest BCUT2D eigenvalue weighted by molar-refractivity contribution is -0.385. The van der Waals surface area contributed by atoms with Gasteiger partial charge < -0.3 is 14.2 Å². The van der Waals surface area contributed by atoms with E-state index in [0.29, 0.717) is 17.2 Å². The van der Waals surface area contributed by atoms with Crippen molar-refractivity contribution in [2.24, 2.45) is 5.10 Å². The number of rotatable bonds is 8. The van der Waals surface area contributed by atoms with E-state index in [9.17, 15) is 14.9 Å². The van der Waals surface area contributed by atoms with Crippen LogP contribution in [0.2, 0.25) is 0 Å². The van der Waals surface area contributed by atoms with Crippen LogP contribution < -0.4 is 19.6 Å². The Hall–Kier alpha value is -3.62. The summed E-state index contributed by atoms with van der Waals surface area (Å²) < 4.78 is 15.7. The van der Waals surface area contributed by atoms with Gasteiger partial charge in [0.15, 0.2) is 23.9 Å². The molecule has 2 aromatic carbocycles. The molecule has 0 saturated carbocycles. The number of carbonyl (C=O) groups is 1. The van der Waals surface area contributed by atoms with Crippen LogP contribution in [0.15, 0.2) is 41.5 Å². The number of nitrogens with zero attached hydrogens (tertiary/aromatic N) is 2. The normalized spacial score (nSPS) is 10.9. The minimum absolute atomic E-state index is 0.0198. The van der Waals surface area contributed by atoms with E-state index in [1.807, 2.05) is 0 Å². The average Bonchev–Trinajstić information content (AvgIpc) is 2.70. The number of hydrogen-bond acceptors (Lipinski definition) is 7. The molecule has 0 radical (unpaired) electrons. The highest BCUT2D eigenvalue weighted by Crippen LogP contribution is 2.28. The molecular formula is C19H21N3O6. The third-order valence-corrected chi connectivity index (χ3v) is 3.82. The van der Waals surface area contributed by atoms with Gasteiger partial charge in [0.1, 0.15) is 0 Å². The number of nitrogens with one attached hydrogen (secondary N) is 1. The zero-order valence-electron chi connectivity index (χ0n) is 16.0. The molecule has 0 aliphatic heterocycles. The molecule has 0 aliphatic carbocycles. The molecule has 0 unspecified atom stereocenters. The summed E-state index contributed by atoms with van der Waals surface area (Å²) in [4.78, 5) is 22.5. The maximum absolute atomic E-state index is 12.0. The van der Waals surface area contributed by atoms with Crippen LogP contribution in [0, 0.1) is 17.0 Å². The maximum Gasteiger partial charge on any atom is 0.311 e. The molecule has 0 aliphatic rings. The Morgan fingerprint density at radius 2 is 1.79 bits per heavy atom. The third kappa shape index (κ3) is 5.19. The second kappa shape index (κ2) is 9.36. The average molecular weight is 387 g/mol. The molecular weight excluding hydrogens is 366 g/mol. The molecule has 2 aromatic rings. The number of carbonyl (C=O) groups excluding carboxylic acids is 1. The lowest BCUT2D eigenvalue weighted by atomic mass is 10.1. The van der Waals surface area contributed by atoms with Crippen molar-refractivity contribution in [2.75, 3.05) is 20.8 Å². The fraction of sp³-hybridized carbons (Fsp3) is 0.263. The van der Waals surface area contributed by atoms with Crippen molar-refractivity contribution >= 4 is 17.3 Å². The van der Waals surface area contributed by atoms with Gasteiger partial charge in [-0.05, 0) is 43.7 Å². The van der Waals surface area contributed by atoms with Crippen molar-refractivity contribution in [1.29, 1.82) is 0 Å². The third-order valence-electron chi connectivity index (χ3n) is 3.82. The predicted octanol–water partition coefficient (Wildman–Crippen LogP) is 2.84. The maximum atomic E-state index is 12.0. The summed E-state index contributed by atoms with van der Waals surface area (Å²) in [5.74, 6) is 0.591. The summed E-state index contributed by atoms with van der Waals surface area (Å²) in [7, 11) is 3.06. The van der Waals surface area contributed by atoms with E-state index in [1.165, 1.54) is 26.4 Å². The molecule has 0 fully saturated rings. The summed E-state index contributed by atoms with van der Waals surface area (Å²) in [5, 5.41) is 15.1. The summed E-state index contributed by atoms with van der Waals surface area (Å²) in [6.07, 6.45) is 0. The summed E-state index contributed by atoms with van der Waals surface area (Å²) >= 11 is 0. The van der Waals surface area contributed by atoms with Gasteiger partial charge in [-0.25, -0.2) is 5.43 Å². The first-order chi connectivity index (χ1) is 13.3. The quantitative estimate of drug-likeness (QED) is 0.423. The van der Waals surface area contributed by atoms with Gasteiger partial charge in [0.25, 0.3) is 5.91 Å². The molecule has 0 heterocycles. The van der Waals surface area contributed by atoms with Crippen molar-refractivity contribution < 1.29 is 23.9 Å². The van der Waals surface area contributed by atoms with E-state index in [2.05, 4.69) is 10.5 Å². The van der Waals surface area contributed by atoms with Crippen molar-refractivity contribution in [2.45, 2.75) is 13.8 Å². The minimum atomic E-state index is -0.556. The number of hydrogen-bond donors (Lipinski definition) is 1. The van der Waals surface area contributed by atoms with Crippen LogP contribution in [-0.2, 0) is 4.79 Å².